The van der Waals surface area contributed by atoms with Crippen LogP contribution < -0.4 is 0 Å². The summed E-state index contributed by atoms with van der Waals surface area (Å²) >= 11 is 13.0. The molecule has 18 heavy (non-hydrogen) atoms. The average molecular weight is 314 g/mol. The molecule has 0 aromatic rings. The third kappa shape index (κ3) is 0.975. The standard InChI is InChI=1S/C11H17Cl2NO3S/c1-5-9-6-18(15,16)14-11(9,17-14)10(12,13)7(2)8(9,3)4/h7H,5-6H2,1-4H3/t7-,9-,11+,14?/m0/s1. The summed E-state index contributed by atoms with van der Waals surface area (Å²) in [6.45, 7) is 8.02. The summed E-state index contributed by atoms with van der Waals surface area (Å²) in [5, 5.41) is 0. The Labute approximate surface area is 118 Å². The molecule has 3 aliphatic rings. The van der Waals surface area contributed by atoms with E-state index in [0.717, 1.165) is 4.47 Å². The topological polar surface area (TPSA) is 49.7 Å². The molecule has 1 unspecified atom stereocenters. The first-order valence-electron chi connectivity index (χ1n) is 6.11. The summed E-state index contributed by atoms with van der Waals surface area (Å²) in [5.41, 5.74) is -1.94. The van der Waals surface area contributed by atoms with Crippen molar-refractivity contribution in [3.8, 4) is 0 Å². The highest BCUT2D eigenvalue weighted by atomic mass is 35.5. The molecule has 7 heteroatoms. The molecule has 0 N–H and O–H groups in total. The van der Waals surface area contributed by atoms with E-state index in [-0.39, 0.29) is 17.1 Å². The Hall–Kier alpha value is 0.450. The minimum Gasteiger partial charge on any atom is -0.251 e. The Bertz CT molecular complexity index is 532. The van der Waals surface area contributed by atoms with Crippen LogP contribution in [-0.2, 0) is 14.9 Å². The van der Waals surface area contributed by atoms with E-state index in [2.05, 4.69) is 0 Å². The van der Waals surface area contributed by atoms with Crippen LogP contribution in [0, 0.1) is 16.7 Å². The van der Waals surface area contributed by atoms with Gasteiger partial charge in [-0.1, -0.05) is 50.9 Å². The monoisotopic (exact) mass is 313 g/mol. The van der Waals surface area contributed by atoms with Gasteiger partial charge in [0, 0.05) is 5.41 Å². The molecule has 2 saturated heterocycles. The first-order chi connectivity index (χ1) is 8.01. The summed E-state index contributed by atoms with van der Waals surface area (Å²) in [6.07, 6.45) is 0.668. The minimum atomic E-state index is -3.41. The minimum absolute atomic E-state index is 0.0613. The maximum atomic E-state index is 12.1. The van der Waals surface area contributed by atoms with Crippen LogP contribution >= 0.6 is 23.2 Å². The van der Waals surface area contributed by atoms with Crippen molar-refractivity contribution < 1.29 is 13.3 Å². The number of rotatable bonds is 1. The van der Waals surface area contributed by atoms with Crippen molar-refractivity contribution in [1.29, 1.82) is 0 Å². The average Bonchev–Trinajstić information content (AvgIpc) is 2.96. The molecule has 3 rings (SSSR count). The predicted molar refractivity (Wildman–Crippen MR) is 69.5 cm³/mol. The first-order valence-corrected chi connectivity index (χ1v) is 8.48. The third-order valence-corrected chi connectivity index (χ3v) is 8.55. The molecular formula is C11H17Cl2NO3S. The SMILES string of the molecule is CC[C@@]12CS(=O)(=O)N3O[C@]31C(Cl)(Cl)[C@@H](C)C2(C)C. The largest absolute Gasteiger partial charge is 0.251 e. The van der Waals surface area contributed by atoms with Crippen LogP contribution in [0.2, 0.25) is 0 Å². The number of alkyl halides is 2. The fraction of sp³-hybridized carbons (Fsp3) is 1.00. The molecule has 1 spiro atoms. The molecule has 0 amide bonds. The lowest BCUT2D eigenvalue weighted by Gasteiger charge is -2.40. The first kappa shape index (κ1) is 13.4. The lowest BCUT2D eigenvalue weighted by molar-refractivity contribution is 0.0401. The van der Waals surface area contributed by atoms with Crippen LogP contribution in [0.15, 0.2) is 0 Å². The summed E-state index contributed by atoms with van der Waals surface area (Å²) in [7, 11) is -3.41. The fourth-order valence-electron chi connectivity index (χ4n) is 4.16. The van der Waals surface area contributed by atoms with Crippen LogP contribution in [0.4, 0.5) is 0 Å². The lowest BCUT2D eigenvalue weighted by Crippen LogP contribution is -2.46. The predicted octanol–water partition coefficient (Wildman–Crippen LogP) is 2.52. The summed E-state index contributed by atoms with van der Waals surface area (Å²) in [6, 6.07) is 0. The number of halogens is 2. The molecule has 104 valence electrons. The molecule has 4 nitrogen and oxygen atoms in total. The smallest absolute Gasteiger partial charge is 0.239 e. The Morgan fingerprint density at radius 3 is 2.33 bits per heavy atom. The van der Waals surface area contributed by atoms with Crippen molar-refractivity contribution in [2.24, 2.45) is 16.7 Å². The highest BCUT2D eigenvalue weighted by Crippen LogP contribution is 2.81. The van der Waals surface area contributed by atoms with E-state index in [0.29, 0.717) is 6.42 Å². The molecule has 2 heterocycles. The molecule has 0 bridgehead atoms. The molecule has 1 aliphatic carbocycles. The van der Waals surface area contributed by atoms with E-state index in [4.69, 9.17) is 28.0 Å². The number of sulfonamides is 1. The third-order valence-electron chi connectivity index (χ3n) is 5.68. The van der Waals surface area contributed by atoms with Crippen LogP contribution in [0.1, 0.15) is 34.1 Å². The molecule has 0 aromatic carbocycles. The van der Waals surface area contributed by atoms with Crippen LogP contribution in [-0.4, -0.2) is 28.7 Å². The van der Waals surface area contributed by atoms with E-state index >= 15 is 0 Å². The number of hydroxylamine groups is 1. The fourth-order valence-corrected chi connectivity index (χ4v) is 7.84. The van der Waals surface area contributed by atoms with Crippen molar-refractivity contribution >= 4 is 33.2 Å². The van der Waals surface area contributed by atoms with Gasteiger partial charge in [-0.2, -0.15) is 0 Å². The van der Waals surface area contributed by atoms with Gasteiger partial charge in [0.1, 0.15) is 0 Å². The zero-order chi connectivity index (χ0) is 13.8. The van der Waals surface area contributed by atoms with Gasteiger partial charge in [-0.3, -0.25) is 4.84 Å². The number of nitrogens with zero attached hydrogens (tertiary/aromatic N) is 1. The maximum absolute atomic E-state index is 12.1. The highest BCUT2D eigenvalue weighted by Gasteiger charge is 2.94. The van der Waals surface area contributed by atoms with Crippen LogP contribution in [0.25, 0.3) is 0 Å². The van der Waals surface area contributed by atoms with Gasteiger partial charge >= 0.3 is 0 Å². The number of hydrogen-bond donors (Lipinski definition) is 0. The van der Waals surface area contributed by atoms with Crippen molar-refractivity contribution in [2.45, 2.75) is 44.2 Å². The van der Waals surface area contributed by atoms with E-state index in [1.54, 1.807) is 0 Å². The quantitative estimate of drug-likeness (QED) is 0.552. The van der Waals surface area contributed by atoms with Gasteiger partial charge in [-0.15, -0.1) is 0 Å². The van der Waals surface area contributed by atoms with Gasteiger partial charge in [-0.25, -0.2) is 8.42 Å². The summed E-state index contributed by atoms with van der Waals surface area (Å²) in [4.78, 5) is 5.48. The van der Waals surface area contributed by atoms with Crippen molar-refractivity contribution in [3.05, 3.63) is 0 Å². The molecular weight excluding hydrogens is 297 g/mol. The number of hydrogen-bond acceptors (Lipinski definition) is 3. The van der Waals surface area contributed by atoms with Gasteiger partial charge in [0.25, 0.3) is 0 Å². The molecule has 1 saturated carbocycles. The van der Waals surface area contributed by atoms with Crippen molar-refractivity contribution in [1.82, 2.24) is 4.47 Å². The normalized spacial score (nSPS) is 53.9. The van der Waals surface area contributed by atoms with Gasteiger partial charge < -0.3 is 0 Å². The molecule has 2 aliphatic heterocycles. The second-order valence-corrected chi connectivity index (χ2v) is 9.39. The highest BCUT2D eigenvalue weighted by molar-refractivity contribution is 7.89. The van der Waals surface area contributed by atoms with E-state index in [1.807, 2.05) is 27.7 Å². The van der Waals surface area contributed by atoms with Crippen LogP contribution in [0.3, 0.4) is 0 Å². The Kier molecular flexibility index (Phi) is 2.26. The second-order valence-electron chi connectivity index (χ2n) is 6.22. The summed E-state index contributed by atoms with van der Waals surface area (Å²) < 4.78 is 24.1. The zero-order valence-corrected chi connectivity index (χ0v) is 13.2. The molecule has 4 atom stereocenters. The molecule has 0 aromatic heterocycles. The van der Waals surface area contributed by atoms with Gasteiger partial charge in [0.05, 0.1) is 5.75 Å². The zero-order valence-electron chi connectivity index (χ0n) is 10.8. The lowest BCUT2D eigenvalue weighted by atomic mass is 9.63. The Morgan fingerprint density at radius 1 is 1.39 bits per heavy atom. The van der Waals surface area contributed by atoms with Crippen LogP contribution in [0.5, 0.6) is 0 Å². The van der Waals surface area contributed by atoms with Crippen molar-refractivity contribution in [2.75, 3.05) is 5.75 Å². The van der Waals surface area contributed by atoms with E-state index in [9.17, 15) is 8.42 Å². The summed E-state index contributed by atoms with van der Waals surface area (Å²) in [5.74, 6) is 0.00320. The maximum Gasteiger partial charge on any atom is 0.239 e. The van der Waals surface area contributed by atoms with Gasteiger partial charge in [0.2, 0.25) is 15.7 Å². The molecule has 0 radical (unpaired) electrons. The van der Waals surface area contributed by atoms with Gasteiger partial charge in [-0.05, 0) is 22.2 Å². The van der Waals surface area contributed by atoms with Gasteiger partial charge in [0.15, 0.2) is 4.33 Å². The van der Waals surface area contributed by atoms with Crippen molar-refractivity contribution in [3.63, 3.8) is 0 Å². The Balaban J connectivity index is 2.31. The second kappa shape index (κ2) is 3.03. The molecule has 3 fully saturated rings. The van der Waals surface area contributed by atoms with E-state index in [1.165, 1.54) is 0 Å². The Morgan fingerprint density at radius 2 is 1.94 bits per heavy atom. The van der Waals surface area contributed by atoms with E-state index < -0.39 is 25.5 Å².